The lowest BCUT2D eigenvalue weighted by atomic mass is 10.2. The van der Waals surface area contributed by atoms with Gasteiger partial charge in [-0.15, -0.1) is 11.8 Å². The number of hydrogen-bond acceptors (Lipinski definition) is 4. The topological polar surface area (TPSA) is 62.4 Å². The molecule has 0 radical (unpaired) electrons. The van der Waals surface area contributed by atoms with Crippen LogP contribution in [0.3, 0.4) is 0 Å². The van der Waals surface area contributed by atoms with Crippen molar-refractivity contribution in [3.8, 4) is 5.75 Å². The van der Waals surface area contributed by atoms with Gasteiger partial charge in [-0.1, -0.05) is 35.9 Å². The molecule has 1 unspecified atom stereocenters. The number of amides is 1. The van der Waals surface area contributed by atoms with Gasteiger partial charge in [-0.25, -0.2) is 0 Å². The third kappa shape index (κ3) is 6.73. The third-order valence-corrected chi connectivity index (χ3v) is 5.75. The van der Waals surface area contributed by atoms with Gasteiger partial charge in [0, 0.05) is 16.3 Å². The molecule has 3 rings (SSSR count). The first-order valence-corrected chi connectivity index (χ1v) is 11.1. The van der Waals surface area contributed by atoms with Crippen molar-refractivity contribution < 1.29 is 9.53 Å². The fourth-order valence-electron chi connectivity index (χ4n) is 2.82. The van der Waals surface area contributed by atoms with Crippen LogP contribution in [0, 0.1) is 6.92 Å². The molecule has 0 aromatic heterocycles. The molecule has 7 heteroatoms. The van der Waals surface area contributed by atoms with E-state index in [0.717, 1.165) is 27.5 Å². The van der Waals surface area contributed by atoms with E-state index in [1.807, 2.05) is 86.6 Å². The maximum absolute atomic E-state index is 12.5. The quantitative estimate of drug-likeness (QED) is 0.306. The van der Waals surface area contributed by atoms with Crippen molar-refractivity contribution in [1.82, 2.24) is 0 Å². The Labute approximate surface area is 192 Å². The highest BCUT2D eigenvalue weighted by Gasteiger charge is 2.15. The van der Waals surface area contributed by atoms with Crippen LogP contribution in [-0.2, 0) is 4.79 Å². The number of hydrogen-bond donors (Lipinski definition) is 3. The molecule has 0 saturated heterocycles. The largest absolute Gasteiger partial charge is 0.495 e. The molecule has 31 heavy (non-hydrogen) atoms. The monoisotopic (exact) mass is 451 g/mol. The summed E-state index contributed by atoms with van der Waals surface area (Å²) in [5.74, 6) is 0.671. The van der Waals surface area contributed by atoms with Gasteiger partial charge in [-0.3, -0.25) is 4.79 Å². The Morgan fingerprint density at radius 1 is 0.935 bits per heavy atom. The van der Waals surface area contributed by atoms with Gasteiger partial charge in [0.1, 0.15) is 5.75 Å². The molecule has 1 amide bonds. The van der Waals surface area contributed by atoms with Crippen molar-refractivity contribution in [1.29, 1.82) is 0 Å². The number of thioether (sulfide) groups is 1. The first kappa shape index (κ1) is 22.7. The zero-order valence-electron chi connectivity index (χ0n) is 17.6. The predicted molar refractivity (Wildman–Crippen MR) is 134 cm³/mol. The van der Waals surface area contributed by atoms with Gasteiger partial charge in [0.25, 0.3) is 0 Å². The van der Waals surface area contributed by atoms with Crippen LogP contribution in [0.5, 0.6) is 5.75 Å². The summed E-state index contributed by atoms with van der Waals surface area (Å²) >= 11 is 6.92. The maximum Gasteiger partial charge on any atom is 0.237 e. The van der Waals surface area contributed by atoms with E-state index in [1.165, 1.54) is 11.8 Å². The number of anilines is 3. The van der Waals surface area contributed by atoms with E-state index in [4.69, 9.17) is 17.0 Å². The minimum Gasteiger partial charge on any atom is -0.495 e. The molecule has 0 saturated carbocycles. The lowest BCUT2D eigenvalue weighted by Gasteiger charge is -2.15. The second-order valence-corrected chi connectivity index (χ2v) is 8.75. The highest BCUT2D eigenvalue weighted by Crippen LogP contribution is 2.27. The van der Waals surface area contributed by atoms with Crippen molar-refractivity contribution >= 4 is 52.1 Å². The molecule has 0 bridgehead atoms. The maximum atomic E-state index is 12.5. The van der Waals surface area contributed by atoms with Crippen LogP contribution in [0.1, 0.15) is 12.5 Å². The minimum atomic E-state index is -0.254. The molecule has 0 spiro atoms. The first-order chi connectivity index (χ1) is 14.9. The number of benzene rings is 3. The Bertz CT molecular complexity index is 1050. The average molecular weight is 452 g/mol. The molecule has 3 aromatic carbocycles. The van der Waals surface area contributed by atoms with Crippen molar-refractivity contribution in [3.63, 3.8) is 0 Å². The Morgan fingerprint density at radius 2 is 1.68 bits per heavy atom. The summed E-state index contributed by atoms with van der Waals surface area (Å²) in [6, 6.07) is 23.1. The molecular weight excluding hydrogens is 426 g/mol. The summed E-state index contributed by atoms with van der Waals surface area (Å²) in [6.07, 6.45) is 0. The predicted octanol–water partition coefficient (Wildman–Crippen LogP) is 5.93. The summed E-state index contributed by atoms with van der Waals surface area (Å²) in [5, 5.41) is 9.48. The number of carbonyl (C=O) groups is 1. The number of thiocarbonyl (C=S) groups is 1. The number of ether oxygens (including phenoxy) is 1. The minimum absolute atomic E-state index is 0.0411. The van der Waals surface area contributed by atoms with Crippen molar-refractivity contribution in [2.75, 3.05) is 23.1 Å². The summed E-state index contributed by atoms with van der Waals surface area (Å²) in [5.41, 5.74) is 3.58. The van der Waals surface area contributed by atoms with E-state index in [2.05, 4.69) is 16.0 Å². The van der Waals surface area contributed by atoms with Gasteiger partial charge in [-0.05, 0) is 68.5 Å². The van der Waals surface area contributed by atoms with Gasteiger partial charge >= 0.3 is 0 Å². The van der Waals surface area contributed by atoms with Crippen LogP contribution in [0.15, 0.2) is 77.7 Å². The summed E-state index contributed by atoms with van der Waals surface area (Å²) < 4.78 is 5.34. The summed E-state index contributed by atoms with van der Waals surface area (Å²) in [6.45, 7) is 3.91. The van der Waals surface area contributed by atoms with E-state index < -0.39 is 0 Å². The number of rotatable bonds is 7. The van der Waals surface area contributed by atoms with Crippen LogP contribution in [0.4, 0.5) is 17.1 Å². The van der Waals surface area contributed by atoms with Crippen molar-refractivity contribution in [2.24, 2.45) is 0 Å². The van der Waals surface area contributed by atoms with Crippen LogP contribution in [0.25, 0.3) is 0 Å². The van der Waals surface area contributed by atoms with Crippen LogP contribution < -0.4 is 20.7 Å². The van der Waals surface area contributed by atoms with Gasteiger partial charge in [0.05, 0.1) is 18.0 Å². The molecular formula is C24H25N3O2S2. The molecule has 0 aliphatic rings. The fraction of sp³-hybridized carbons (Fsp3) is 0.167. The van der Waals surface area contributed by atoms with E-state index in [9.17, 15) is 4.79 Å². The zero-order valence-corrected chi connectivity index (χ0v) is 19.3. The highest BCUT2D eigenvalue weighted by atomic mass is 32.2. The molecule has 0 heterocycles. The third-order valence-electron chi connectivity index (χ3n) is 4.45. The molecule has 160 valence electrons. The number of carbonyl (C=O) groups excluding carboxylic acids is 1. The highest BCUT2D eigenvalue weighted by molar-refractivity contribution is 8.00. The van der Waals surface area contributed by atoms with Crippen LogP contribution >= 0.6 is 24.0 Å². The SMILES string of the molecule is COc1ccccc1NC(=S)Nc1cccc(SC(C)C(=O)Nc2ccc(C)cc2)c1. The Balaban J connectivity index is 1.58. The Kier molecular flexibility index (Phi) is 7.92. The van der Waals surface area contributed by atoms with Crippen molar-refractivity contribution in [2.45, 2.75) is 24.0 Å². The van der Waals surface area contributed by atoms with Crippen molar-refractivity contribution in [3.05, 3.63) is 78.4 Å². The van der Waals surface area contributed by atoms with Gasteiger partial charge < -0.3 is 20.7 Å². The van der Waals surface area contributed by atoms with E-state index >= 15 is 0 Å². The number of aryl methyl sites for hydroxylation is 1. The lowest BCUT2D eigenvalue weighted by molar-refractivity contribution is -0.115. The van der Waals surface area contributed by atoms with Crippen LogP contribution in [0.2, 0.25) is 0 Å². The first-order valence-electron chi connectivity index (χ1n) is 9.80. The zero-order chi connectivity index (χ0) is 22.2. The lowest BCUT2D eigenvalue weighted by Crippen LogP contribution is -2.22. The second-order valence-electron chi connectivity index (χ2n) is 6.92. The van der Waals surface area contributed by atoms with E-state index in [-0.39, 0.29) is 11.2 Å². The van der Waals surface area contributed by atoms with Crippen LogP contribution in [-0.4, -0.2) is 23.4 Å². The Hall–Kier alpha value is -3.03. The fourth-order valence-corrected chi connectivity index (χ4v) is 3.97. The van der Waals surface area contributed by atoms with Gasteiger partial charge in [-0.2, -0.15) is 0 Å². The molecule has 0 aliphatic heterocycles. The number of para-hydroxylation sites is 2. The standard InChI is InChI=1S/C24H25N3O2S2/c1-16-11-13-18(14-12-16)25-23(28)17(2)31-20-8-6-7-19(15-20)26-24(30)27-21-9-4-5-10-22(21)29-3/h4-15,17H,1-3H3,(H,25,28)(H2,26,27,30). The molecule has 0 fully saturated rings. The van der Waals surface area contributed by atoms with E-state index in [1.54, 1.807) is 7.11 Å². The van der Waals surface area contributed by atoms with Gasteiger partial charge in [0.15, 0.2) is 5.11 Å². The smallest absolute Gasteiger partial charge is 0.237 e. The number of nitrogens with one attached hydrogen (secondary N) is 3. The summed E-state index contributed by atoms with van der Waals surface area (Å²) in [4.78, 5) is 13.5. The molecule has 0 aliphatic carbocycles. The number of methoxy groups -OCH3 is 1. The Morgan fingerprint density at radius 3 is 2.42 bits per heavy atom. The second kappa shape index (κ2) is 10.8. The normalized spacial score (nSPS) is 11.3. The molecule has 5 nitrogen and oxygen atoms in total. The average Bonchev–Trinajstić information content (AvgIpc) is 2.76. The summed E-state index contributed by atoms with van der Waals surface area (Å²) in [7, 11) is 1.62. The van der Waals surface area contributed by atoms with E-state index in [0.29, 0.717) is 10.9 Å². The molecule has 3 N–H and O–H groups in total. The molecule has 3 aromatic rings. The van der Waals surface area contributed by atoms with Gasteiger partial charge in [0.2, 0.25) is 5.91 Å². The molecule has 1 atom stereocenters.